The average Bonchev–Trinajstić information content (AvgIpc) is 2.50. The smallest absolute Gasteiger partial charge is 0.325 e. The van der Waals surface area contributed by atoms with Gasteiger partial charge in [-0.3, -0.25) is 14.4 Å². The van der Waals surface area contributed by atoms with E-state index in [2.05, 4.69) is 10.1 Å². The number of methoxy groups -OCH3 is 1. The highest BCUT2D eigenvalue weighted by Crippen LogP contribution is 2.32. The Hall–Kier alpha value is -2.54. The lowest BCUT2D eigenvalue weighted by Gasteiger charge is -2.12. The SMILES string of the molecule is COC(=O)CNC(=O)c1c(O)c2c(Cl)cccc2n(C)c1=O. The van der Waals surface area contributed by atoms with E-state index in [4.69, 9.17) is 11.6 Å². The highest BCUT2D eigenvalue weighted by atomic mass is 35.5. The van der Waals surface area contributed by atoms with Crippen LogP contribution in [0.2, 0.25) is 5.02 Å². The van der Waals surface area contributed by atoms with Crippen molar-refractivity contribution in [1.82, 2.24) is 9.88 Å². The maximum Gasteiger partial charge on any atom is 0.325 e. The molecule has 2 aromatic rings. The lowest BCUT2D eigenvalue weighted by molar-refractivity contribution is -0.139. The number of amides is 1. The summed E-state index contributed by atoms with van der Waals surface area (Å²) in [6.07, 6.45) is 0. The fraction of sp³-hybridized carbons (Fsp3) is 0.214. The number of ether oxygens (including phenoxy) is 1. The first-order chi connectivity index (χ1) is 10.4. The van der Waals surface area contributed by atoms with E-state index in [0.717, 1.165) is 0 Å². The number of benzene rings is 1. The predicted molar refractivity (Wildman–Crippen MR) is 80.2 cm³/mol. The number of aryl methyl sites for hydroxylation is 1. The standard InChI is InChI=1S/C14H13ClN2O5/c1-17-8-5-3-4-7(15)10(8)12(19)11(14(17)21)13(20)16-6-9(18)22-2/h3-5,19H,6H2,1-2H3,(H,16,20). The number of esters is 1. The van der Waals surface area contributed by atoms with Crippen LogP contribution in [0.25, 0.3) is 10.9 Å². The fourth-order valence-corrected chi connectivity index (χ4v) is 2.31. The van der Waals surface area contributed by atoms with E-state index in [0.29, 0.717) is 5.52 Å². The molecule has 0 saturated carbocycles. The van der Waals surface area contributed by atoms with Crippen LogP contribution >= 0.6 is 11.6 Å². The lowest BCUT2D eigenvalue weighted by atomic mass is 10.1. The van der Waals surface area contributed by atoms with Crippen molar-refractivity contribution in [2.75, 3.05) is 13.7 Å². The molecule has 0 spiro atoms. The number of halogens is 1. The maximum absolute atomic E-state index is 12.3. The summed E-state index contributed by atoms with van der Waals surface area (Å²) in [4.78, 5) is 35.4. The molecule has 1 amide bonds. The topological polar surface area (TPSA) is 97.6 Å². The van der Waals surface area contributed by atoms with Gasteiger partial charge in [0.2, 0.25) is 0 Å². The Kier molecular flexibility index (Phi) is 4.37. The van der Waals surface area contributed by atoms with Crippen molar-refractivity contribution in [2.24, 2.45) is 7.05 Å². The van der Waals surface area contributed by atoms with Gasteiger partial charge in [-0.25, -0.2) is 0 Å². The summed E-state index contributed by atoms with van der Waals surface area (Å²) >= 11 is 6.03. The van der Waals surface area contributed by atoms with Crippen LogP contribution in [0.3, 0.4) is 0 Å². The van der Waals surface area contributed by atoms with E-state index < -0.39 is 35.3 Å². The Bertz CT molecular complexity index is 828. The number of aromatic hydroxyl groups is 1. The van der Waals surface area contributed by atoms with Gasteiger partial charge in [0.05, 0.1) is 23.0 Å². The Labute approximate surface area is 130 Å². The highest BCUT2D eigenvalue weighted by molar-refractivity contribution is 6.36. The Morgan fingerprint density at radius 1 is 1.41 bits per heavy atom. The molecule has 1 heterocycles. The zero-order chi connectivity index (χ0) is 16.4. The van der Waals surface area contributed by atoms with Crippen molar-refractivity contribution < 1.29 is 19.4 Å². The van der Waals surface area contributed by atoms with Gasteiger partial charge in [-0.15, -0.1) is 0 Å². The first-order valence-corrected chi connectivity index (χ1v) is 6.61. The molecule has 0 aliphatic carbocycles. The zero-order valence-electron chi connectivity index (χ0n) is 11.8. The molecule has 0 radical (unpaired) electrons. The number of fused-ring (bicyclic) bond motifs is 1. The normalized spacial score (nSPS) is 10.5. The van der Waals surface area contributed by atoms with Crippen LogP contribution in [0.5, 0.6) is 5.75 Å². The zero-order valence-corrected chi connectivity index (χ0v) is 12.6. The minimum atomic E-state index is -0.884. The Balaban J connectivity index is 2.60. The third kappa shape index (κ3) is 2.62. The van der Waals surface area contributed by atoms with Crippen LogP contribution in [0.4, 0.5) is 0 Å². The number of carbonyl (C=O) groups excluding carboxylic acids is 2. The minimum absolute atomic E-state index is 0.189. The van der Waals surface area contributed by atoms with Crippen molar-refractivity contribution in [3.8, 4) is 5.75 Å². The summed E-state index contributed by atoms with van der Waals surface area (Å²) in [5.74, 6) is -2.08. The minimum Gasteiger partial charge on any atom is -0.506 e. The molecule has 0 fully saturated rings. The number of hydrogen-bond acceptors (Lipinski definition) is 5. The van der Waals surface area contributed by atoms with Crippen molar-refractivity contribution in [2.45, 2.75) is 0 Å². The van der Waals surface area contributed by atoms with Gasteiger partial charge in [0.1, 0.15) is 17.9 Å². The van der Waals surface area contributed by atoms with Gasteiger partial charge in [-0.05, 0) is 12.1 Å². The summed E-state index contributed by atoms with van der Waals surface area (Å²) in [5.41, 5.74) is -0.791. The third-order valence-corrected chi connectivity index (χ3v) is 3.51. The molecular weight excluding hydrogens is 312 g/mol. The molecule has 0 bridgehead atoms. The van der Waals surface area contributed by atoms with Gasteiger partial charge >= 0.3 is 5.97 Å². The van der Waals surface area contributed by atoms with Gasteiger partial charge in [0.25, 0.3) is 11.5 Å². The summed E-state index contributed by atoms with van der Waals surface area (Å²) in [5, 5.41) is 12.9. The van der Waals surface area contributed by atoms with Crippen molar-refractivity contribution >= 4 is 34.4 Å². The van der Waals surface area contributed by atoms with Crippen LogP contribution in [0.15, 0.2) is 23.0 Å². The van der Waals surface area contributed by atoms with E-state index in [9.17, 15) is 19.5 Å². The van der Waals surface area contributed by atoms with Crippen LogP contribution in [0.1, 0.15) is 10.4 Å². The summed E-state index contributed by atoms with van der Waals surface area (Å²) in [6, 6.07) is 4.75. The maximum atomic E-state index is 12.3. The van der Waals surface area contributed by atoms with Crippen molar-refractivity contribution in [1.29, 1.82) is 0 Å². The van der Waals surface area contributed by atoms with E-state index in [1.165, 1.54) is 24.8 Å². The first kappa shape index (κ1) is 15.8. The molecule has 7 nitrogen and oxygen atoms in total. The first-order valence-electron chi connectivity index (χ1n) is 6.23. The van der Waals surface area contributed by atoms with Crippen molar-refractivity contribution in [3.63, 3.8) is 0 Å². The molecular formula is C14H13ClN2O5. The second-order valence-electron chi connectivity index (χ2n) is 4.48. The summed E-state index contributed by atoms with van der Waals surface area (Å²) in [7, 11) is 2.62. The molecule has 116 valence electrons. The van der Waals surface area contributed by atoms with Crippen LogP contribution in [-0.2, 0) is 16.6 Å². The molecule has 22 heavy (non-hydrogen) atoms. The van der Waals surface area contributed by atoms with Crippen LogP contribution < -0.4 is 10.9 Å². The number of aromatic nitrogens is 1. The van der Waals surface area contributed by atoms with E-state index in [1.54, 1.807) is 12.1 Å². The quantitative estimate of drug-likeness (QED) is 0.814. The van der Waals surface area contributed by atoms with E-state index in [1.807, 2.05) is 0 Å². The molecule has 0 aliphatic heterocycles. The molecule has 0 unspecified atom stereocenters. The molecule has 0 atom stereocenters. The summed E-state index contributed by atoms with van der Waals surface area (Å²) in [6.45, 7) is -0.418. The second-order valence-corrected chi connectivity index (χ2v) is 4.89. The van der Waals surface area contributed by atoms with E-state index in [-0.39, 0.29) is 10.4 Å². The summed E-state index contributed by atoms with van der Waals surface area (Å²) < 4.78 is 5.59. The van der Waals surface area contributed by atoms with Gasteiger partial charge < -0.3 is 19.7 Å². The number of carbonyl (C=O) groups is 2. The van der Waals surface area contributed by atoms with E-state index >= 15 is 0 Å². The second kappa shape index (κ2) is 6.07. The average molecular weight is 325 g/mol. The molecule has 8 heteroatoms. The molecule has 0 aliphatic rings. The number of nitrogens with zero attached hydrogens (tertiary/aromatic N) is 1. The van der Waals surface area contributed by atoms with Gasteiger partial charge in [0, 0.05) is 7.05 Å². The van der Waals surface area contributed by atoms with Gasteiger partial charge in [-0.2, -0.15) is 0 Å². The number of hydrogen-bond donors (Lipinski definition) is 2. The molecule has 0 saturated heterocycles. The molecule has 2 rings (SSSR count). The molecule has 1 aromatic carbocycles. The van der Waals surface area contributed by atoms with Gasteiger partial charge in [0.15, 0.2) is 0 Å². The van der Waals surface area contributed by atoms with Crippen LogP contribution in [-0.4, -0.2) is 35.2 Å². The van der Waals surface area contributed by atoms with Crippen molar-refractivity contribution in [3.05, 3.63) is 39.1 Å². The Morgan fingerprint density at radius 2 is 2.09 bits per heavy atom. The number of nitrogens with one attached hydrogen (secondary N) is 1. The van der Waals surface area contributed by atoms with Crippen LogP contribution in [0, 0.1) is 0 Å². The Morgan fingerprint density at radius 3 is 2.73 bits per heavy atom. The number of pyridine rings is 1. The molecule has 2 N–H and O–H groups in total. The largest absolute Gasteiger partial charge is 0.506 e. The third-order valence-electron chi connectivity index (χ3n) is 3.19. The van der Waals surface area contributed by atoms with Gasteiger partial charge in [-0.1, -0.05) is 17.7 Å². The highest BCUT2D eigenvalue weighted by Gasteiger charge is 2.22. The lowest BCUT2D eigenvalue weighted by Crippen LogP contribution is -2.35. The monoisotopic (exact) mass is 324 g/mol. The molecule has 1 aromatic heterocycles. The predicted octanol–water partition coefficient (Wildman–Crippen LogP) is 0.800. The number of rotatable bonds is 3. The fourth-order valence-electron chi connectivity index (χ4n) is 2.05.